The Morgan fingerprint density at radius 2 is 1.31 bits per heavy atom. The SMILES string of the molecule is CCCCCCc1ccc(-c2ccc(-c3cnc(F)c(F)c3)cc2)cc1. The summed E-state index contributed by atoms with van der Waals surface area (Å²) in [6, 6.07) is 17.6. The molecule has 1 heterocycles. The van der Waals surface area contributed by atoms with Crippen LogP contribution in [0.25, 0.3) is 22.3 Å². The smallest absolute Gasteiger partial charge is 0.225 e. The molecule has 2 aromatic carbocycles. The van der Waals surface area contributed by atoms with Crippen molar-refractivity contribution in [2.45, 2.75) is 39.0 Å². The molecular formula is C23H23F2N. The maximum absolute atomic E-state index is 13.3. The van der Waals surface area contributed by atoms with E-state index < -0.39 is 11.8 Å². The van der Waals surface area contributed by atoms with E-state index in [1.807, 2.05) is 24.3 Å². The van der Waals surface area contributed by atoms with Crippen molar-refractivity contribution >= 4 is 0 Å². The highest BCUT2D eigenvalue weighted by atomic mass is 19.2. The average molecular weight is 351 g/mol. The van der Waals surface area contributed by atoms with Gasteiger partial charge in [0.2, 0.25) is 5.95 Å². The fourth-order valence-electron chi connectivity index (χ4n) is 3.05. The normalized spacial score (nSPS) is 10.9. The van der Waals surface area contributed by atoms with Crippen LogP contribution in [0, 0.1) is 11.8 Å². The Morgan fingerprint density at radius 3 is 1.88 bits per heavy atom. The van der Waals surface area contributed by atoms with E-state index in [9.17, 15) is 8.78 Å². The van der Waals surface area contributed by atoms with E-state index in [4.69, 9.17) is 0 Å². The summed E-state index contributed by atoms with van der Waals surface area (Å²) < 4.78 is 26.3. The minimum absolute atomic E-state index is 0.567. The van der Waals surface area contributed by atoms with Gasteiger partial charge >= 0.3 is 0 Å². The molecule has 0 amide bonds. The second-order valence-electron chi connectivity index (χ2n) is 6.58. The zero-order valence-electron chi connectivity index (χ0n) is 15.0. The van der Waals surface area contributed by atoms with Crippen molar-refractivity contribution in [3.8, 4) is 22.3 Å². The van der Waals surface area contributed by atoms with Gasteiger partial charge in [0, 0.05) is 11.8 Å². The monoisotopic (exact) mass is 351 g/mol. The Bertz CT molecular complexity index is 839. The number of aromatic nitrogens is 1. The second kappa shape index (κ2) is 8.70. The van der Waals surface area contributed by atoms with Crippen molar-refractivity contribution in [3.63, 3.8) is 0 Å². The van der Waals surface area contributed by atoms with Crippen molar-refractivity contribution in [2.24, 2.45) is 0 Å². The molecule has 0 fully saturated rings. The molecule has 1 nitrogen and oxygen atoms in total. The molecule has 0 unspecified atom stereocenters. The maximum Gasteiger partial charge on any atom is 0.248 e. The van der Waals surface area contributed by atoms with Crippen LogP contribution in [0.4, 0.5) is 8.78 Å². The lowest BCUT2D eigenvalue weighted by molar-refractivity contribution is 0.480. The molecule has 26 heavy (non-hydrogen) atoms. The molecular weight excluding hydrogens is 328 g/mol. The molecule has 0 atom stereocenters. The van der Waals surface area contributed by atoms with Gasteiger partial charge in [0.1, 0.15) is 0 Å². The second-order valence-corrected chi connectivity index (χ2v) is 6.58. The number of hydrogen-bond acceptors (Lipinski definition) is 1. The van der Waals surface area contributed by atoms with E-state index >= 15 is 0 Å². The number of hydrogen-bond donors (Lipinski definition) is 0. The number of pyridine rings is 1. The molecule has 0 aliphatic heterocycles. The van der Waals surface area contributed by atoms with Crippen LogP contribution in [0.2, 0.25) is 0 Å². The minimum atomic E-state index is -1.07. The van der Waals surface area contributed by atoms with Gasteiger partial charge in [-0.25, -0.2) is 9.37 Å². The summed E-state index contributed by atoms with van der Waals surface area (Å²) in [5.41, 5.74) is 5.00. The summed E-state index contributed by atoms with van der Waals surface area (Å²) in [7, 11) is 0. The van der Waals surface area contributed by atoms with Crippen molar-refractivity contribution in [3.05, 3.63) is 78.1 Å². The van der Waals surface area contributed by atoms with Crippen LogP contribution in [-0.2, 0) is 6.42 Å². The fourth-order valence-corrected chi connectivity index (χ4v) is 3.05. The van der Waals surface area contributed by atoms with E-state index in [0.29, 0.717) is 5.56 Å². The number of halogens is 2. The minimum Gasteiger partial charge on any atom is -0.225 e. The Labute approximate surface area is 153 Å². The van der Waals surface area contributed by atoms with E-state index in [2.05, 4.69) is 36.2 Å². The Kier molecular flexibility index (Phi) is 6.11. The van der Waals surface area contributed by atoms with Crippen LogP contribution in [0.15, 0.2) is 60.8 Å². The van der Waals surface area contributed by atoms with E-state index in [-0.39, 0.29) is 0 Å². The molecule has 0 saturated carbocycles. The Hall–Kier alpha value is -2.55. The lowest BCUT2D eigenvalue weighted by Crippen LogP contribution is -1.90. The molecule has 0 N–H and O–H groups in total. The zero-order valence-corrected chi connectivity index (χ0v) is 15.0. The number of benzene rings is 2. The molecule has 0 radical (unpaired) electrons. The highest BCUT2D eigenvalue weighted by molar-refractivity contribution is 5.70. The highest BCUT2D eigenvalue weighted by Gasteiger charge is 2.06. The fraction of sp³-hybridized carbons (Fsp3) is 0.261. The molecule has 3 heteroatoms. The summed E-state index contributed by atoms with van der Waals surface area (Å²) >= 11 is 0. The summed E-state index contributed by atoms with van der Waals surface area (Å²) in [4.78, 5) is 3.44. The van der Waals surface area contributed by atoms with Gasteiger partial charge in [-0.3, -0.25) is 0 Å². The average Bonchev–Trinajstić information content (AvgIpc) is 2.68. The van der Waals surface area contributed by atoms with Gasteiger partial charge < -0.3 is 0 Å². The van der Waals surface area contributed by atoms with Crippen molar-refractivity contribution in [1.82, 2.24) is 4.98 Å². The number of unbranched alkanes of at least 4 members (excludes halogenated alkanes) is 3. The van der Waals surface area contributed by atoms with Crippen molar-refractivity contribution < 1.29 is 8.78 Å². The van der Waals surface area contributed by atoms with Gasteiger partial charge in [0.15, 0.2) is 5.82 Å². The number of nitrogens with zero attached hydrogens (tertiary/aromatic N) is 1. The van der Waals surface area contributed by atoms with Crippen LogP contribution in [0.1, 0.15) is 38.2 Å². The Balaban J connectivity index is 1.69. The molecule has 0 spiro atoms. The number of rotatable bonds is 7. The first kappa shape index (κ1) is 18.2. The summed E-state index contributed by atoms with van der Waals surface area (Å²) in [5.74, 6) is -2.00. The van der Waals surface area contributed by atoms with E-state index in [0.717, 1.165) is 23.1 Å². The van der Waals surface area contributed by atoms with Gasteiger partial charge in [0.25, 0.3) is 0 Å². The zero-order chi connectivity index (χ0) is 18.4. The molecule has 3 rings (SSSR count). The lowest BCUT2D eigenvalue weighted by Gasteiger charge is -2.07. The maximum atomic E-state index is 13.3. The van der Waals surface area contributed by atoms with Crippen LogP contribution in [-0.4, -0.2) is 4.98 Å². The van der Waals surface area contributed by atoms with Crippen molar-refractivity contribution in [2.75, 3.05) is 0 Å². The third-order valence-corrected chi connectivity index (χ3v) is 4.62. The van der Waals surface area contributed by atoms with Crippen LogP contribution in [0.3, 0.4) is 0 Å². The van der Waals surface area contributed by atoms with Gasteiger partial charge in [0.05, 0.1) is 0 Å². The molecule has 0 bridgehead atoms. The molecule has 0 aliphatic carbocycles. The van der Waals surface area contributed by atoms with Gasteiger partial charge in [-0.05, 0) is 41.2 Å². The molecule has 3 aromatic rings. The molecule has 1 aromatic heterocycles. The first-order valence-electron chi connectivity index (χ1n) is 9.18. The summed E-state index contributed by atoms with van der Waals surface area (Å²) in [5, 5.41) is 0. The third-order valence-electron chi connectivity index (χ3n) is 4.62. The largest absolute Gasteiger partial charge is 0.248 e. The third kappa shape index (κ3) is 4.54. The standard InChI is InChI=1S/C23H23F2N/c1-2-3-4-5-6-17-7-9-18(10-8-17)19-11-13-20(14-12-19)21-15-22(24)23(25)26-16-21/h7-16H,2-6H2,1H3. The predicted octanol–water partition coefficient (Wildman–Crippen LogP) is 6.82. The van der Waals surface area contributed by atoms with Crippen LogP contribution >= 0.6 is 0 Å². The summed E-state index contributed by atoms with van der Waals surface area (Å²) in [6.45, 7) is 2.23. The lowest BCUT2D eigenvalue weighted by atomic mass is 9.99. The molecule has 134 valence electrons. The Morgan fingerprint density at radius 1 is 0.731 bits per heavy atom. The first-order valence-corrected chi connectivity index (χ1v) is 9.18. The predicted molar refractivity (Wildman–Crippen MR) is 103 cm³/mol. The highest BCUT2D eigenvalue weighted by Crippen LogP contribution is 2.25. The van der Waals surface area contributed by atoms with Gasteiger partial charge in [-0.15, -0.1) is 0 Å². The van der Waals surface area contributed by atoms with Crippen LogP contribution in [0.5, 0.6) is 0 Å². The van der Waals surface area contributed by atoms with E-state index in [1.54, 1.807) is 0 Å². The molecule has 0 saturated heterocycles. The molecule has 0 aliphatic rings. The topological polar surface area (TPSA) is 12.9 Å². The first-order chi connectivity index (χ1) is 12.7. The van der Waals surface area contributed by atoms with E-state index in [1.165, 1.54) is 43.5 Å². The van der Waals surface area contributed by atoms with Crippen LogP contribution < -0.4 is 0 Å². The number of aryl methyl sites for hydroxylation is 1. The van der Waals surface area contributed by atoms with Gasteiger partial charge in [-0.2, -0.15) is 4.39 Å². The quantitative estimate of drug-likeness (QED) is 0.336. The summed E-state index contributed by atoms with van der Waals surface area (Å²) in [6.07, 6.45) is 7.57. The van der Waals surface area contributed by atoms with Crippen molar-refractivity contribution in [1.29, 1.82) is 0 Å². The van der Waals surface area contributed by atoms with Gasteiger partial charge in [-0.1, -0.05) is 74.7 Å².